The second-order valence-corrected chi connectivity index (χ2v) is 7.35. The first-order chi connectivity index (χ1) is 14.9. The van der Waals surface area contributed by atoms with E-state index in [2.05, 4.69) is 4.99 Å². The van der Waals surface area contributed by atoms with Crippen molar-refractivity contribution >= 4 is 50.1 Å². The number of carbonyl (C=O) groups is 2. The van der Waals surface area contributed by atoms with E-state index in [9.17, 15) is 24.5 Å². The summed E-state index contributed by atoms with van der Waals surface area (Å²) in [5.41, 5.74) is 0.169. The Balaban J connectivity index is 1.88. The summed E-state index contributed by atoms with van der Waals surface area (Å²) in [5, 5.41) is 11.4. The predicted octanol–water partition coefficient (Wildman–Crippen LogP) is 2.63. The Bertz CT molecular complexity index is 1500. The minimum Gasteiger partial charge on any atom is -0.468 e. The van der Waals surface area contributed by atoms with Gasteiger partial charge in [0.2, 0.25) is 0 Å². The van der Waals surface area contributed by atoms with Gasteiger partial charge in [0, 0.05) is 18.2 Å². The first kappa shape index (κ1) is 20.2. The molecule has 0 N–H and O–H groups in total. The Hall–Kier alpha value is -4.12. The minimum absolute atomic E-state index is 0.0988. The highest BCUT2D eigenvalue weighted by Gasteiger charge is 2.17. The van der Waals surface area contributed by atoms with Crippen molar-refractivity contribution in [3.05, 3.63) is 79.4 Å². The van der Waals surface area contributed by atoms with Crippen LogP contribution < -0.4 is 10.2 Å². The summed E-state index contributed by atoms with van der Waals surface area (Å²) in [7, 11) is 1.22. The lowest BCUT2D eigenvalue weighted by Gasteiger charge is -2.03. The minimum atomic E-state index is -0.831. The first-order valence-corrected chi connectivity index (χ1v) is 9.65. The van der Waals surface area contributed by atoms with Gasteiger partial charge in [0.05, 0.1) is 27.6 Å². The van der Waals surface area contributed by atoms with E-state index in [0.717, 1.165) is 17.4 Å². The third kappa shape index (κ3) is 3.85. The van der Waals surface area contributed by atoms with Gasteiger partial charge in [-0.15, -0.1) is 0 Å². The molecule has 0 unspecified atom stereocenters. The molecule has 0 aliphatic carbocycles. The van der Waals surface area contributed by atoms with Crippen molar-refractivity contribution in [1.29, 1.82) is 0 Å². The normalized spacial score (nSPS) is 11.7. The summed E-state index contributed by atoms with van der Waals surface area (Å²) in [6.45, 7) is -0.262. The van der Waals surface area contributed by atoms with Gasteiger partial charge in [0.1, 0.15) is 12.1 Å². The Kier molecular flexibility index (Phi) is 5.17. The quantitative estimate of drug-likeness (QED) is 0.271. The standard InChI is InChI=1S/C20H13N3O7S/c1-29-18(25)10-22-13-7-6-11(23(27)28)8-17(13)31-20(22)21-19(26)16-9-14(24)12-4-2-3-5-15(12)30-16/h2-9H,10H2,1H3. The molecule has 2 aromatic heterocycles. The molecule has 11 heteroatoms. The Morgan fingerprint density at radius 1 is 1.23 bits per heavy atom. The zero-order chi connectivity index (χ0) is 22.1. The van der Waals surface area contributed by atoms with Crippen LogP contribution in [0.5, 0.6) is 0 Å². The third-order valence-electron chi connectivity index (χ3n) is 4.43. The van der Waals surface area contributed by atoms with Gasteiger partial charge in [-0.05, 0) is 18.2 Å². The van der Waals surface area contributed by atoms with E-state index < -0.39 is 22.2 Å². The summed E-state index contributed by atoms with van der Waals surface area (Å²) >= 11 is 0.982. The molecule has 0 radical (unpaired) electrons. The van der Waals surface area contributed by atoms with Crippen molar-refractivity contribution in [3.63, 3.8) is 0 Å². The highest BCUT2D eigenvalue weighted by molar-refractivity contribution is 7.16. The van der Waals surface area contributed by atoms with E-state index in [-0.39, 0.29) is 28.4 Å². The number of benzene rings is 2. The van der Waals surface area contributed by atoms with Crippen molar-refractivity contribution in [3.8, 4) is 0 Å². The molecule has 0 fully saturated rings. The summed E-state index contributed by atoms with van der Waals surface area (Å²) in [5.74, 6) is -1.69. The largest absolute Gasteiger partial charge is 0.468 e. The van der Waals surface area contributed by atoms with E-state index in [4.69, 9.17) is 9.15 Å². The van der Waals surface area contributed by atoms with E-state index in [1.807, 2.05) is 0 Å². The Morgan fingerprint density at radius 2 is 2.00 bits per heavy atom. The third-order valence-corrected chi connectivity index (χ3v) is 5.48. The molecule has 2 aromatic carbocycles. The number of thiazole rings is 1. The van der Waals surface area contributed by atoms with Gasteiger partial charge in [0.15, 0.2) is 16.0 Å². The molecule has 0 aliphatic heterocycles. The maximum atomic E-state index is 12.7. The van der Waals surface area contributed by atoms with Crippen LogP contribution in [-0.2, 0) is 16.1 Å². The number of para-hydroxylation sites is 1. The molecular weight excluding hydrogens is 426 g/mol. The monoisotopic (exact) mass is 439 g/mol. The Morgan fingerprint density at radius 3 is 2.74 bits per heavy atom. The fourth-order valence-corrected chi connectivity index (χ4v) is 4.02. The van der Waals surface area contributed by atoms with Gasteiger partial charge in [-0.2, -0.15) is 4.99 Å². The first-order valence-electron chi connectivity index (χ1n) is 8.84. The van der Waals surface area contributed by atoms with Crippen LogP contribution in [0.2, 0.25) is 0 Å². The highest BCUT2D eigenvalue weighted by Crippen LogP contribution is 2.23. The molecule has 1 amide bonds. The fourth-order valence-electron chi connectivity index (χ4n) is 2.96. The number of fused-ring (bicyclic) bond motifs is 2. The molecule has 10 nitrogen and oxygen atoms in total. The molecule has 4 rings (SSSR count). The van der Waals surface area contributed by atoms with Crippen molar-refractivity contribution in [1.82, 2.24) is 4.57 Å². The van der Waals surface area contributed by atoms with Gasteiger partial charge >= 0.3 is 11.9 Å². The molecule has 31 heavy (non-hydrogen) atoms. The highest BCUT2D eigenvalue weighted by atomic mass is 32.1. The number of amides is 1. The van der Waals surface area contributed by atoms with Crippen molar-refractivity contribution in [2.75, 3.05) is 7.11 Å². The lowest BCUT2D eigenvalue weighted by molar-refractivity contribution is -0.384. The van der Waals surface area contributed by atoms with Crippen LogP contribution in [0.4, 0.5) is 5.69 Å². The molecule has 0 saturated heterocycles. The zero-order valence-corrected chi connectivity index (χ0v) is 16.8. The van der Waals surface area contributed by atoms with Crippen molar-refractivity contribution < 1.29 is 23.7 Å². The number of aromatic nitrogens is 1. The van der Waals surface area contributed by atoms with Crippen LogP contribution in [-0.4, -0.2) is 28.5 Å². The fraction of sp³-hybridized carbons (Fsp3) is 0.100. The van der Waals surface area contributed by atoms with Crippen LogP contribution in [0, 0.1) is 10.1 Å². The van der Waals surface area contributed by atoms with Gasteiger partial charge in [0.25, 0.3) is 5.69 Å². The number of hydrogen-bond acceptors (Lipinski definition) is 8. The van der Waals surface area contributed by atoms with Gasteiger partial charge < -0.3 is 13.7 Å². The van der Waals surface area contributed by atoms with Crippen LogP contribution in [0.15, 0.2) is 62.7 Å². The van der Waals surface area contributed by atoms with Gasteiger partial charge in [-0.25, -0.2) is 0 Å². The second kappa shape index (κ2) is 7.95. The van der Waals surface area contributed by atoms with Crippen LogP contribution >= 0.6 is 11.3 Å². The number of esters is 1. The number of non-ortho nitro benzene ring substituents is 1. The SMILES string of the molecule is COC(=O)Cn1c(=NC(=O)c2cc(=O)c3ccccc3o2)sc2cc([N+](=O)[O-])ccc21. The zero-order valence-electron chi connectivity index (χ0n) is 15.9. The number of carbonyl (C=O) groups excluding carboxylic acids is 2. The average molecular weight is 439 g/mol. The predicted molar refractivity (Wildman–Crippen MR) is 111 cm³/mol. The second-order valence-electron chi connectivity index (χ2n) is 6.34. The summed E-state index contributed by atoms with van der Waals surface area (Å²) < 4.78 is 12.1. The van der Waals surface area contributed by atoms with Crippen LogP contribution in [0.25, 0.3) is 21.2 Å². The summed E-state index contributed by atoms with van der Waals surface area (Å²) in [6, 6.07) is 11.6. The molecule has 0 aliphatic rings. The number of hydrogen-bond donors (Lipinski definition) is 0. The number of rotatable bonds is 4. The lowest BCUT2D eigenvalue weighted by Crippen LogP contribution is -2.22. The topological polar surface area (TPSA) is 134 Å². The molecule has 0 bridgehead atoms. The van der Waals surface area contributed by atoms with Crippen molar-refractivity contribution in [2.45, 2.75) is 6.54 Å². The van der Waals surface area contributed by atoms with Crippen LogP contribution in [0.1, 0.15) is 10.6 Å². The molecule has 2 heterocycles. The molecule has 156 valence electrons. The average Bonchev–Trinajstić information content (AvgIpc) is 3.09. The van der Waals surface area contributed by atoms with Crippen LogP contribution in [0.3, 0.4) is 0 Å². The van der Waals surface area contributed by atoms with E-state index in [1.54, 1.807) is 24.3 Å². The molecule has 0 saturated carbocycles. The molecule has 4 aromatic rings. The number of nitrogens with zero attached hydrogens (tertiary/aromatic N) is 3. The molecular formula is C20H13N3O7S. The maximum absolute atomic E-state index is 12.7. The summed E-state index contributed by atoms with van der Waals surface area (Å²) in [4.78, 5) is 51.5. The number of methoxy groups -OCH3 is 1. The maximum Gasteiger partial charge on any atom is 0.325 e. The lowest BCUT2D eigenvalue weighted by atomic mass is 10.2. The van der Waals surface area contributed by atoms with Crippen molar-refractivity contribution in [2.24, 2.45) is 4.99 Å². The van der Waals surface area contributed by atoms with Gasteiger partial charge in [-0.3, -0.25) is 24.5 Å². The number of nitro benzene ring substituents is 1. The molecule has 0 spiro atoms. The van der Waals surface area contributed by atoms with Gasteiger partial charge in [-0.1, -0.05) is 23.5 Å². The number of ether oxygens (including phenoxy) is 1. The Labute approximate surface area is 176 Å². The van der Waals surface area contributed by atoms with E-state index in [1.165, 1.54) is 29.9 Å². The smallest absolute Gasteiger partial charge is 0.325 e. The van der Waals surface area contributed by atoms with E-state index >= 15 is 0 Å². The van der Waals surface area contributed by atoms with E-state index in [0.29, 0.717) is 15.6 Å². The molecule has 0 atom stereocenters. The number of nitro groups is 1. The summed E-state index contributed by atoms with van der Waals surface area (Å²) in [6.07, 6.45) is 0.